The van der Waals surface area contributed by atoms with Crippen LogP contribution in [0, 0.1) is 19.3 Å². The highest BCUT2D eigenvalue weighted by Crippen LogP contribution is 2.54. The number of carbonyl (C=O) groups is 1. The van der Waals surface area contributed by atoms with E-state index in [9.17, 15) is 4.79 Å². The third-order valence-electron chi connectivity index (χ3n) is 9.80. The summed E-state index contributed by atoms with van der Waals surface area (Å²) in [5, 5.41) is 5.12. The van der Waals surface area contributed by atoms with Gasteiger partial charge in [0.05, 0.1) is 25.3 Å². The van der Waals surface area contributed by atoms with Crippen LogP contribution in [0.25, 0.3) is 0 Å². The molecule has 1 spiro atoms. The summed E-state index contributed by atoms with van der Waals surface area (Å²) >= 11 is 3.53. The molecule has 0 unspecified atom stereocenters. The zero-order valence-corrected chi connectivity index (χ0v) is 36.6. The lowest BCUT2D eigenvalue weighted by Gasteiger charge is -2.58. The number of hydrogen-bond donors (Lipinski definition) is 1. The van der Waals surface area contributed by atoms with Crippen molar-refractivity contribution in [1.82, 2.24) is 24.5 Å². The molecule has 5 heterocycles. The van der Waals surface area contributed by atoms with Crippen LogP contribution in [0.15, 0.2) is 0 Å². The van der Waals surface area contributed by atoms with Crippen molar-refractivity contribution in [3.05, 3.63) is 11.3 Å². The Morgan fingerprint density at radius 1 is 0.880 bits per heavy atom. The lowest BCUT2D eigenvalue weighted by molar-refractivity contribution is -0.138. The minimum atomic E-state index is -0.318. The van der Waals surface area contributed by atoms with Gasteiger partial charge in [-0.2, -0.15) is 17.7 Å². The average Bonchev–Trinajstić information content (AvgIpc) is 3.31. The predicted molar refractivity (Wildman–Crippen MR) is 219 cm³/mol. The van der Waals surface area contributed by atoms with E-state index in [-0.39, 0.29) is 11.1 Å². The minimum Gasteiger partial charge on any atom is -0.462 e. The molecule has 296 valence electrons. The lowest BCUT2D eigenvalue weighted by Crippen LogP contribution is -2.60. The maximum atomic E-state index is 9.60. The van der Waals surface area contributed by atoms with Crippen LogP contribution in [-0.4, -0.2) is 128 Å². The molecule has 5 fully saturated rings. The Kier molecular flexibility index (Phi) is 23.4. The number of nitrogens with zero attached hydrogens (tertiary/aromatic N) is 6. The van der Waals surface area contributed by atoms with Crippen molar-refractivity contribution in [3.63, 3.8) is 0 Å². The van der Waals surface area contributed by atoms with Crippen LogP contribution in [0.3, 0.4) is 0 Å². The van der Waals surface area contributed by atoms with E-state index < -0.39 is 0 Å². The van der Waals surface area contributed by atoms with Crippen molar-refractivity contribution in [2.75, 3.05) is 84.3 Å². The molecule has 1 aromatic heterocycles. The Bertz CT molecular complexity index is 1020. The molecule has 9 nitrogen and oxygen atoms in total. The van der Waals surface area contributed by atoms with Crippen molar-refractivity contribution in [1.29, 1.82) is 0 Å². The van der Waals surface area contributed by atoms with E-state index in [1.807, 2.05) is 48.5 Å². The molecule has 50 heavy (non-hydrogen) atoms. The second kappa shape index (κ2) is 24.1. The standard InChI is InChI=1S/C19H32N4.C8H16N2O.C5H10O2.C3H8.2C2H6.CH4S/c1-14-15(2)23(16-10-19(11-16)12-21(5)13-19)20-17(14)22-9-7-6-8-18(22,3)4;1-9-2-4-10(5-3-9)8-6-11-7-8;1-5(2,3)7-4-6;1-3-2;3*1-2/h16H,6-13H2,1-5H3;8H,2-7H2,1H3;4H,1-3H3;3H2,1-2H3;2*1-2H3;2H,1H3. The highest BCUT2D eigenvalue weighted by molar-refractivity contribution is 7.79. The maximum Gasteiger partial charge on any atom is 0.293 e. The van der Waals surface area contributed by atoms with Gasteiger partial charge in [-0.3, -0.25) is 14.4 Å². The van der Waals surface area contributed by atoms with Crippen molar-refractivity contribution in [2.45, 2.75) is 152 Å². The van der Waals surface area contributed by atoms with Crippen LogP contribution >= 0.6 is 12.6 Å². The molecule has 0 bridgehead atoms. The topological polar surface area (TPSA) is 66.3 Å². The summed E-state index contributed by atoms with van der Waals surface area (Å²) in [5.41, 5.74) is 3.32. The lowest BCUT2D eigenvalue weighted by atomic mass is 9.61. The van der Waals surface area contributed by atoms with Gasteiger partial charge in [-0.25, -0.2) is 0 Å². The van der Waals surface area contributed by atoms with Crippen molar-refractivity contribution in [2.24, 2.45) is 5.41 Å². The molecule has 10 heteroatoms. The number of thiol groups is 1. The van der Waals surface area contributed by atoms with Crippen LogP contribution in [0.5, 0.6) is 0 Å². The van der Waals surface area contributed by atoms with E-state index in [1.165, 1.54) is 94.9 Å². The molecule has 0 aromatic carbocycles. The second-order valence-corrected chi connectivity index (χ2v) is 15.7. The third-order valence-corrected chi connectivity index (χ3v) is 9.80. The first-order valence-electron chi connectivity index (χ1n) is 19.7. The monoisotopic (exact) mass is 727 g/mol. The number of hydrogen-bond acceptors (Lipinski definition) is 9. The van der Waals surface area contributed by atoms with Crippen molar-refractivity contribution < 1.29 is 14.3 Å². The van der Waals surface area contributed by atoms with Crippen molar-refractivity contribution >= 4 is 24.9 Å². The van der Waals surface area contributed by atoms with Gasteiger partial charge in [0.2, 0.25) is 0 Å². The zero-order chi connectivity index (χ0) is 38.7. The van der Waals surface area contributed by atoms with E-state index in [1.54, 1.807) is 6.26 Å². The normalized spacial score (nSPS) is 21.3. The highest BCUT2D eigenvalue weighted by atomic mass is 32.1. The smallest absolute Gasteiger partial charge is 0.293 e. The van der Waals surface area contributed by atoms with Crippen LogP contribution in [0.1, 0.15) is 132 Å². The summed E-state index contributed by atoms with van der Waals surface area (Å²) in [6.07, 6.45) is 9.51. The molecule has 6 rings (SSSR count). The van der Waals surface area contributed by atoms with E-state index >= 15 is 0 Å². The number of anilines is 1. The summed E-state index contributed by atoms with van der Waals surface area (Å²) in [7, 11) is 4.42. The summed E-state index contributed by atoms with van der Waals surface area (Å²) < 4.78 is 12.1. The van der Waals surface area contributed by atoms with Gasteiger partial charge in [0.1, 0.15) is 5.60 Å². The molecule has 0 atom stereocenters. The summed E-state index contributed by atoms with van der Waals surface area (Å²) in [6, 6.07) is 1.37. The molecule has 0 N–H and O–H groups in total. The third kappa shape index (κ3) is 15.0. The van der Waals surface area contributed by atoms with E-state index in [2.05, 4.69) is 97.3 Å². The fourth-order valence-electron chi connectivity index (χ4n) is 7.09. The number of ether oxygens (including phenoxy) is 2. The molecule has 1 saturated carbocycles. The fraction of sp³-hybridized carbons (Fsp3) is 0.900. The van der Waals surface area contributed by atoms with Crippen LogP contribution in [-0.2, 0) is 14.3 Å². The maximum absolute atomic E-state index is 9.60. The van der Waals surface area contributed by atoms with Gasteiger partial charge in [0, 0.05) is 62.6 Å². The fourth-order valence-corrected chi connectivity index (χ4v) is 7.09. The van der Waals surface area contributed by atoms with Crippen molar-refractivity contribution in [3.8, 4) is 0 Å². The Balaban J connectivity index is 0.000000742. The molecular weight excluding hydrogens is 645 g/mol. The first kappa shape index (κ1) is 48.7. The molecule has 0 radical (unpaired) electrons. The SMILES string of the molecule is CC.CC.CC(C)(C)OC=O.CCC.CN1CCN(C2COC2)CC1.CS.Cc1c(N2CCCCC2(C)C)nn(C2CC3(C2)CN(C)C3)c1C. The predicted octanol–water partition coefficient (Wildman–Crippen LogP) is 8.14. The van der Waals surface area contributed by atoms with E-state index in [0.717, 1.165) is 25.8 Å². The Hall–Kier alpha value is -1.33. The summed E-state index contributed by atoms with van der Waals surface area (Å²) in [4.78, 5) is 19.5. The number of rotatable bonds is 4. The number of aromatic nitrogens is 2. The molecule has 4 saturated heterocycles. The molecular formula is C40H82N6O3S. The molecule has 1 aliphatic carbocycles. The number of likely N-dealkylation sites (N-methyl/N-ethyl adjacent to an activating group) is 1. The van der Waals surface area contributed by atoms with Crippen LogP contribution in [0.4, 0.5) is 5.82 Å². The Morgan fingerprint density at radius 2 is 1.40 bits per heavy atom. The summed E-state index contributed by atoms with van der Waals surface area (Å²) in [6.45, 7) is 38.0. The average molecular weight is 727 g/mol. The van der Waals surface area contributed by atoms with E-state index in [4.69, 9.17) is 9.84 Å². The molecule has 0 amide bonds. The largest absolute Gasteiger partial charge is 0.462 e. The number of piperidine rings is 1. The van der Waals surface area contributed by atoms with Gasteiger partial charge < -0.3 is 24.2 Å². The summed E-state index contributed by atoms with van der Waals surface area (Å²) in [5.74, 6) is 1.25. The number of piperazine rings is 1. The van der Waals surface area contributed by atoms with Gasteiger partial charge >= 0.3 is 0 Å². The number of carbonyl (C=O) groups excluding carboxylic acids is 1. The Labute approximate surface area is 315 Å². The Morgan fingerprint density at radius 3 is 1.78 bits per heavy atom. The molecule has 5 aliphatic rings. The molecule has 1 aromatic rings. The van der Waals surface area contributed by atoms with E-state index in [0.29, 0.717) is 17.9 Å². The second-order valence-electron chi connectivity index (χ2n) is 15.7. The van der Waals surface area contributed by atoms with Gasteiger partial charge in [-0.15, -0.1) is 0 Å². The highest BCUT2D eigenvalue weighted by Gasteiger charge is 2.52. The van der Waals surface area contributed by atoms with Crippen LogP contribution < -0.4 is 4.90 Å². The van der Waals surface area contributed by atoms with Gasteiger partial charge in [0.25, 0.3) is 6.47 Å². The van der Waals surface area contributed by atoms with Gasteiger partial charge in [-0.05, 0) is 106 Å². The zero-order valence-electron chi connectivity index (χ0n) is 35.7. The first-order valence-corrected chi connectivity index (χ1v) is 20.6. The number of likely N-dealkylation sites (tertiary alicyclic amines) is 1. The van der Waals surface area contributed by atoms with Crippen LogP contribution in [0.2, 0.25) is 0 Å². The first-order chi connectivity index (χ1) is 23.6. The van der Waals surface area contributed by atoms with Gasteiger partial charge in [0.15, 0.2) is 5.82 Å². The van der Waals surface area contributed by atoms with Gasteiger partial charge in [-0.1, -0.05) is 48.0 Å². The minimum absolute atomic E-state index is 0.242. The quantitative estimate of drug-likeness (QED) is 0.247. The molecule has 4 aliphatic heterocycles.